The summed E-state index contributed by atoms with van der Waals surface area (Å²) >= 11 is 0. The lowest BCUT2D eigenvalue weighted by Gasteiger charge is -2.18. The van der Waals surface area contributed by atoms with Crippen molar-refractivity contribution in [1.29, 1.82) is 0 Å². The van der Waals surface area contributed by atoms with Gasteiger partial charge in [0, 0.05) is 0 Å². The molecule has 1 fully saturated rings. The Kier molecular flexibility index (Phi) is 4.17. The summed E-state index contributed by atoms with van der Waals surface area (Å²) in [5, 5.41) is 3.30. The van der Waals surface area contributed by atoms with E-state index >= 15 is 0 Å². The number of alkyl halides is 2. The summed E-state index contributed by atoms with van der Waals surface area (Å²) in [4.78, 5) is 0. The number of rotatable bonds is 4. The molecule has 1 aliphatic heterocycles. The molecule has 1 unspecified atom stereocenters. The molecule has 1 heterocycles. The van der Waals surface area contributed by atoms with Gasteiger partial charge in [-0.2, -0.15) is 0 Å². The zero-order chi connectivity index (χ0) is 13.1. The average molecular weight is 255 g/mol. The van der Waals surface area contributed by atoms with E-state index in [9.17, 15) is 8.78 Å². The van der Waals surface area contributed by atoms with Crippen LogP contribution in [-0.2, 0) is 6.42 Å². The Labute approximate surface area is 106 Å². The monoisotopic (exact) mass is 255 g/mol. The fourth-order valence-electron chi connectivity index (χ4n) is 2.59. The number of ether oxygens (including phenoxy) is 1. The predicted octanol–water partition coefficient (Wildman–Crippen LogP) is 3.09. The minimum absolute atomic E-state index is 0.00376. The molecule has 1 atom stereocenters. The number of halogens is 2. The Morgan fingerprint density at radius 3 is 2.78 bits per heavy atom. The molecule has 0 aliphatic carbocycles. The fraction of sp³-hybridized carbons (Fsp3) is 0.571. The second-order valence-corrected chi connectivity index (χ2v) is 4.85. The second kappa shape index (κ2) is 5.65. The van der Waals surface area contributed by atoms with Gasteiger partial charge in [-0.15, -0.1) is 0 Å². The van der Waals surface area contributed by atoms with Crippen LogP contribution in [0.1, 0.15) is 29.5 Å². The van der Waals surface area contributed by atoms with Crippen LogP contribution in [0.2, 0.25) is 0 Å². The van der Waals surface area contributed by atoms with E-state index in [4.69, 9.17) is 4.74 Å². The highest BCUT2D eigenvalue weighted by Crippen LogP contribution is 2.35. The van der Waals surface area contributed by atoms with E-state index in [-0.39, 0.29) is 5.56 Å². The molecule has 18 heavy (non-hydrogen) atoms. The standard InChI is InChI=1S/C14H19F2NO/c1-9-3-4-11(14(15)16)13(18-2)12(9)7-10-5-6-17-8-10/h3-4,10,14,17H,5-8H2,1-2H3. The summed E-state index contributed by atoms with van der Waals surface area (Å²) < 4.78 is 31.1. The normalized spacial score (nSPS) is 19.5. The minimum Gasteiger partial charge on any atom is -0.496 e. The van der Waals surface area contributed by atoms with Gasteiger partial charge in [0.15, 0.2) is 0 Å². The number of hydrogen-bond acceptors (Lipinski definition) is 2. The molecule has 0 bridgehead atoms. The zero-order valence-electron chi connectivity index (χ0n) is 10.8. The van der Waals surface area contributed by atoms with Crippen LogP contribution >= 0.6 is 0 Å². The van der Waals surface area contributed by atoms with Gasteiger partial charge in [-0.3, -0.25) is 0 Å². The molecule has 1 aromatic rings. The summed E-state index contributed by atoms with van der Waals surface area (Å²) in [6.07, 6.45) is -0.578. The zero-order valence-corrected chi connectivity index (χ0v) is 10.8. The average Bonchev–Trinajstić information content (AvgIpc) is 2.84. The molecule has 100 valence electrons. The maximum absolute atomic E-state index is 12.9. The van der Waals surface area contributed by atoms with Crippen molar-refractivity contribution in [2.24, 2.45) is 5.92 Å². The molecular weight excluding hydrogens is 236 g/mol. The lowest BCUT2D eigenvalue weighted by Crippen LogP contribution is -2.12. The van der Waals surface area contributed by atoms with Gasteiger partial charge >= 0.3 is 0 Å². The molecule has 1 N–H and O–H groups in total. The first kappa shape index (κ1) is 13.3. The van der Waals surface area contributed by atoms with Gasteiger partial charge in [-0.25, -0.2) is 8.78 Å². The number of nitrogens with one attached hydrogen (secondary N) is 1. The highest BCUT2D eigenvalue weighted by atomic mass is 19.3. The quantitative estimate of drug-likeness (QED) is 0.892. The van der Waals surface area contributed by atoms with Crippen LogP contribution in [0.15, 0.2) is 12.1 Å². The molecule has 1 aromatic carbocycles. The minimum atomic E-state index is -2.49. The Morgan fingerprint density at radius 2 is 2.22 bits per heavy atom. The third-order valence-corrected chi connectivity index (χ3v) is 3.62. The van der Waals surface area contributed by atoms with E-state index in [2.05, 4.69) is 5.32 Å². The molecule has 0 amide bonds. The molecule has 0 saturated carbocycles. The Morgan fingerprint density at radius 1 is 1.44 bits per heavy atom. The smallest absolute Gasteiger partial charge is 0.267 e. The number of hydrogen-bond donors (Lipinski definition) is 1. The van der Waals surface area contributed by atoms with E-state index in [1.165, 1.54) is 13.2 Å². The first-order valence-electron chi connectivity index (χ1n) is 6.28. The molecule has 0 radical (unpaired) electrons. The number of methoxy groups -OCH3 is 1. The van der Waals surface area contributed by atoms with Crippen LogP contribution in [-0.4, -0.2) is 20.2 Å². The summed E-state index contributed by atoms with van der Waals surface area (Å²) in [6.45, 7) is 3.93. The van der Waals surface area contributed by atoms with Crippen molar-refractivity contribution in [2.45, 2.75) is 26.2 Å². The maximum atomic E-state index is 12.9. The van der Waals surface area contributed by atoms with Crippen LogP contribution in [0, 0.1) is 12.8 Å². The molecule has 2 nitrogen and oxygen atoms in total. The van der Waals surface area contributed by atoms with Crippen LogP contribution in [0.5, 0.6) is 5.75 Å². The second-order valence-electron chi connectivity index (χ2n) is 4.85. The predicted molar refractivity (Wildman–Crippen MR) is 67.4 cm³/mol. The lowest BCUT2D eigenvalue weighted by atomic mass is 9.93. The summed E-state index contributed by atoms with van der Waals surface area (Å²) in [7, 11) is 1.47. The summed E-state index contributed by atoms with van der Waals surface area (Å²) in [5.41, 5.74) is 1.97. The number of benzene rings is 1. The highest BCUT2D eigenvalue weighted by Gasteiger charge is 2.22. The Balaban J connectivity index is 2.33. The van der Waals surface area contributed by atoms with Crippen LogP contribution < -0.4 is 10.1 Å². The first-order valence-corrected chi connectivity index (χ1v) is 6.28. The molecule has 1 saturated heterocycles. The van der Waals surface area contributed by atoms with Gasteiger partial charge in [-0.05, 0) is 56.0 Å². The van der Waals surface area contributed by atoms with Crippen LogP contribution in [0.3, 0.4) is 0 Å². The molecule has 0 aromatic heterocycles. The van der Waals surface area contributed by atoms with Gasteiger partial charge in [0.2, 0.25) is 0 Å². The van der Waals surface area contributed by atoms with Crippen LogP contribution in [0.25, 0.3) is 0 Å². The van der Waals surface area contributed by atoms with Crippen LogP contribution in [0.4, 0.5) is 8.78 Å². The van der Waals surface area contributed by atoms with E-state index < -0.39 is 6.43 Å². The topological polar surface area (TPSA) is 21.3 Å². The third kappa shape index (κ3) is 2.64. The van der Waals surface area contributed by atoms with Crippen molar-refractivity contribution in [3.8, 4) is 5.75 Å². The van der Waals surface area contributed by atoms with Gasteiger partial charge in [0.05, 0.1) is 12.7 Å². The van der Waals surface area contributed by atoms with Crippen molar-refractivity contribution < 1.29 is 13.5 Å². The third-order valence-electron chi connectivity index (χ3n) is 3.62. The summed E-state index contributed by atoms with van der Waals surface area (Å²) in [6, 6.07) is 3.23. The SMILES string of the molecule is COc1c(C(F)F)ccc(C)c1CC1CCNC1. The number of aryl methyl sites for hydroxylation is 1. The van der Waals surface area contributed by atoms with Gasteiger partial charge in [-0.1, -0.05) is 6.07 Å². The van der Waals surface area contributed by atoms with E-state index in [1.54, 1.807) is 6.07 Å². The molecule has 0 spiro atoms. The lowest BCUT2D eigenvalue weighted by molar-refractivity contribution is 0.146. The van der Waals surface area contributed by atoms with E-state index in [0.29, 0.717) is 11.7 Å². The molecular formula is C14H19F2NO. The fourth-order valence-corrected chi connectivity index (χ4v) is 2.59. The van der Waals surface area contributed by atoms with Gasteiger partial charge in [0.25, 0.3) is 6.43 Å². The maximum Gasteiger partial charge on any atom is 0.267 e. The molecule has 2 rings (SSSR count). The van der Waals surface area contributed by atoms with Gasteiger partial charge in [0.1, 0.15) is 5.75 Å². The van der Waals surface area contributed by atoms with Gasteiger partial charge < -0.3 is 10.1 Å². The van der Waals surface area contributed by atoms with E-state index in [0.717, 1.165) is 37.1 Å². The first-order chi connectivity index (χ1) is 8.63. The molecule has 4 heteroatoms. The largest absolute Gasteiger partial charge is 0.496 e. The van der Waals surface area contributed by atoms with Crippen molar-refractivity contribution >= 4 is 0 Å². The van der Waals surface area contributed by atoms with E-state index in [1.807, 2.05) is 6.92 Å². The Bertz CT molecular complexity index is 415. The Hall–Kier alpha value is -1.16. The van der Waals surface area contributed by atoms with Crippen molar-refractivity contribution in [2.75, 3.05) is 20.2 Å². The molecule has 1 aliphatic rings. The summed E-state index contributed by atoms with van der Waals surface area (Å²) in [5.74, 6) is 0.891. The van der Waals surface area contributed by atoms with Crippen molar-refractivity contribution in [1.82, 2.24) is 5.32 Å². The van der Waals surface area contributed by atoms with Crippen molar-refractivity contribution in [3.05, 3.63) is 28.8 Å². The van der Waals surface area contributed by atoms with Crippen molar-refractivity contribution in [3.63, 3.8) is 0 Å². The highest BCUT2D eigenvalue weighted by molar-refractivity contribution is 5.47.